The highest BCUT2D eigenvalue weighted by Crippen LogP contribution is 2.29. The van der Waals surface area contributed by atoms with E-state index in [4.69, 9.17) is 10.7 Å². The molecule has 3 heterocycles. The summed E-state index contributed by atoms with van der Waals surface area (Å²) in [7, 11) is 0. The first-order valence-corrected chi connectivity index (χ1v) is 9.92. The Labute approximate surface area is 157 Å². The highest BCUT2D eigenvalue weighted by Gasteiger charge is 2.16. The van der Waals surface area contributed by atoms with E-state index < -0.39 is 0 Å². The molecule has 0 unspecified atom stereocenters. The number of imidazole rings is 1. The second-order valence-corrected chi connectivity index (χ2v) is 7.26. The lowest BCUT2D eigenvalue weighted by molar-refractivity contribution is 0.690. The van der Waals surface area contributed by atoms with Gasteiger partial charge in [-0.05, 0) is 29.5 Å². The van der Waals surface area contributed by atoms with Gasteiger partial charge in [-0.1, -0.05) is 43.7 Å². The Hall–Kier alpha value is -2.66. The van der Waals surface area contributed by atoms with E-state index in [2.05, 4.69) is 63.6 Å². The molecule has 0 atom stereocenters. The molecule has 0 fully saturated rings. The molecule has 0 aliphatic carbocycles. The third-order valence-corrected chi connectivity index (χ3v) is 5.28. The predicted octanol–water partition coefficient (Wildman–Crippen LogP) is 5.13. The maximum absolute atomic E-state index is 6.28. The molecule has 4 rings (SSSR count). The lowest BCUT2D eigenvalue weighted by Crippen LogP contribution is -2.05. The number of pyridine rings is 1. The van der Waals surface area contributed by atoms with Gasteiger partial charge in [0.1, 0.15) is 11.3 Å². The number of fused-ring (bicyclic) bond motifs is 1. The second-order valence-electron chi connectivity index (χ2n) is 6.48. The van der Waals surface area contributed by atoms with Gasteiger partial charge < -0.3 is 10.3 Å². The van der Waals surface area contributed by atoms with Crippen molar-refractivity contribution in [2.24, 2.45) is 0 Å². The summed E-state index contributed by atoms with van der Waals surface area (Å²) in [5.74, 6) is 1.59. The van der Waals surface area contributed by atoms with Crippen LogP contribution >= 0.6 is 11.3 Å². The molecule has 0 radical (unpaired) electrons. The molecule has 2 N–H and O–H groups in total. The van der Waals surface area contributed by atoms with Gasteiger partial charge in [-0.25, -0.2) is 9.97 Å². The van der Waals surface area contributed by atoms with Crippen molar-refractivity contribution in [3.63, 3.8) is 0 Å². The zero-order chi connectivity index (χ0) is 17.9. The number of thiophene rings is 1. The summed E-state index contributed by atoms with van der Waals surface area (Å²) in [5, 5.41) is 4.16. The number of nitrogen functional groups attached to an aromatic ring is 1. The highest BCUT2D eigenvalue weighted by atomic mass is 32.1. The normalized spacial score (nSPS) is 11.3. The number of unbranched alkanes of at least 4 members (excludes halogenated alkanes) is 1. The zero-order valence-electron chi connectivity index (χ0n) is 14.9. The summed E-state index contributed by atoms with van der Waals surface area (Å²) < 4.78 is 2.30. The summed E-state index contributed by atoms with van der Waals surface area (Å²) in [4.78, 5) is 9.44. The quantitative estimate of drug-likeness (QED) is 0.517. The van der Waals surface area contributed by atoms with Crippen molar-refractivity contribution in [1.82, 2.24) is 14.5 Å². The van der Waals surface area contributed by atoms with Gasteiger partial charge in [-0.2, -0.15) is 11.3 Å². The van der Waals surface area contributed by atoms with E-state index in [0.717, 1.165) is 53.9 Å². The van der Waals surface area contributed by atoms with Gasteiger partial charge in [0.05, 0.1) is 11.2 Å². The SMILES string of the molecule is CCCCc1nc2c(N)nc(-c3ccsc3)cc2n1Cc1ccccc1. The average molecular weight is 363 g/mol. The summed E-state index contributed by atoms with van der Waals surface area (Å²) in [6, 6.07) is 14.7. The first-order chi connectivity index (χ1) is 12.8. The molecule has 1 aromatic carbocycles. The number of nitrogens with two attached hydrogens (primary N) is 1. The molecule has 0 aliphatic rings. The largest absolute Gasteiger partial charge is 0.382 e. The van der Waals surface area contributed by atoms with Crippen LogP contribution < -0.4 is 5.73 Å². The molecule has 0 aliphatic heterocycles. The first kappa shape index (κ1) is 16.8. The van der Waals surface area contributed by atoms with Gasteiger partial charge >= 0.3 is 0 Å². The minimum Gasteiger partial charge on any atom is -0.382 e. The van der Waals surface area contributed by atoms with Crippen LogP contribution in [0.2, 0.25) is 0 Å². The highest BCUT2D eigenvalue weighted by molar-refractivity contribution is 7.08. The number of rotatable bonds is 6. The molecule has 4 aromatic rings. The molecule has 0 bridgehead atoms. The molecule has 26 heavy (non-hydrogen) atoms. The van der Waals surface area contributed by atoms with E-state index in [1.165, 1.54) is 5.56 Å². The van der Waals surface area contributed by atoms with Gasteiger partial charge in [0, 0.05) is 23.9 Å². The molecule has 0 saturated heterocycles. The fraction of sp³-hybridized carbons (Fsp3) is 0.238. The Morgan fingerprint density at radius 3 is 2.69 bits per heavy atom. The van der Waals surface area contributed by atoms with Gasteiger partial charge in [-0.15, -0.1) is 0 Å². The van der Waals surface area contributed by atoms with Crippen LogP contribution in [0, 0.1) is 0 Å². The summed E-state index contributed by atoms with van der Waals surface area (Å²) in [6.45, 7) is 3.00. The van der Waals surface area contributed by atoms with Crippen LogP contribution in [0.25, 0.3) is 22.3 Å². The van der Waals surface area contributed by atoms with Crippen LogP contribution in [0.1, 0.15) is 31.2 Å². The molecular weight excluding hydrogens is 340 g/mol. The number of nitrogens with zero attached hydrogens (tertiary/aromatic N) is 3. The van der Waals surface area contributed by atoms with E-state index in [0.29, 0.717) is 5.82 Å². The Morgan fingerprint density at radius 2 is 1.96 bits per heavy atom. The number of aryl methyl sites for hydroxylation is 1. The van der Waals surface area contributed by atoms with Crippen LogP contribution in [-0.4, -0.2) is 14.5 Å². The Balaban J connectivity index is 1.86. The van der Waals surface area contributed by atoms with Crippen molar-refractivity contribution in [2.75, 3.05) is 5.73 Å². The van der Waals surface area contributed by atoms with Crippen LogP contribution in [0.5, 0.6) is 0 Å². The summed E-state index contributed by atoms with van der Waals surface area (Å²) >= 11 is 1.67. The number of anilines is 1. The summed E-state index contributed by atoms with van der Waals surface area (Å²) in [6.07, 6.45) is 3.20. The van der Waals surface area contributed by atoms with Gasteiger partial charge in [0.2, 0.25) is 0 Å². The van der Waals surface area contributed by atoms with Crippen molar-refractivity contribution in [2.45, 2.75) is 32.7 Å². The summed E-state index contributed by atoms with van der Waals surface area (Å²) in [5.41, 5.74) is 11.4. The topological polar surface area (TPSA) is 56.7 Å². The van der Waals surface area contributed by atoms with Crippen molar-refractivity contribution in [3.05, 3.63) is 64.6 Å². The van der Waals surface area contributed by atoms with E-state index in [1.807, 2.05) is 6.07 Å². The van der Waals surface area contributed by atoms with Gasteiger partial charge in [-0.3, -0.25) is 0 Å². The molecule has 5 heteroatoms. The van der Waals surface area contributed by atoms with E-state index >= 15 is 0 Å². The standard InChI is InChI=1S/C21H22N4S/c1-2-3-9-19-24-20-18(25(19)13-15-7-5-4-6-8-15)12-17(23-21(20)22)16-10-11-26-14-16/h4-8,10-12,14H,2-3,9,13H2,1H3,(H2,22,23). The monoisotopic (exact) mass is 362 g/mol. The number of aromatic nitrogens is 3. The van der Waals surface area contributed by atoms with Crippen LogP contribution in [0.4, 0.5) is 5.82 Å². The number of benzene rings is 1. The lowest BCUT2D eigenvalue weighted by atomic mass is 10.2. The second kappa shape index (κ2) is 7.30. The van der Waals surface area contributed by atoms with Crippen LogP contribution in [0.15, 0.2) is 53.2 Å². The van der Waals surface area contributed by atoms with E-state index in [9.17, 15) is 0 Å². The molecule has 0 spiro atoms. The van der Waals surface area contributed by atoms with Crippen LogP contribution in [-0.2, 0) is 13.0 Å². The van der Waals surface area contributed by atoms with Crippen molar-refractivity contribution < 1.29 is 0 Å². The Morgan fingerprint density at radius 1 is 1.12 bits per heavy atom. The Bertz CT molecular complexity index is 1000. The molecule has 0 saturated carbocycles. The van der Waals surface area contributed by atoms with Gasteiger partial charge in [0.15, 0.2) is 5.82 Å². The van der Waals surface area contributed by atoms with E-state index in [-0.39, 0.29) is 0 Å². The fourth-order valence-corrected chi connectivity index (χ4v) is 3.87. The predicted molar refractivity (Wildman–Crippen MR) is 109 cm³/mol. The van der Waals surface area contributed by atoms with Crippen molar-refractivity contribution in [1.29, 1.82) is 0 Å². The van der Waals surface area contributed by atoms with E-state index in [1.54, 1.807) is 11.3 Å². The molecule has 0 amide bonds. The maximum Gasteiger partial charge on any atom is 0.152 e. The van der Waals surface area contributed by atoms with Crippen LogP contribution in [0.3, 0.4) is 0 Å². The minimum atomic E-state index is 0.508. The molecule has 3 aromatic heterocycles. The third kappa shape index (κ3) is 3.22. The zero-order valence-corrected chi connectivity index (χ0v) is 15.7. The smallest absolute Gasteiger partial charge is 0.152 e. The fourth-order valence-electron chi connectivity index (χ4n) is 3.22. The van der Waals surface area contributed by atoms with Crippen molar-refractivity contribution in [3.8, 4) is 11.3 Å². The van der Waals surface area contributed by atoms with Gasteiger partial charge in [0.25, 0.3) is 0 Å². The van der Waals surface area contributed by atoms with Crippen molar-refractivity contribution >= 4 is 28.2 Å². The first-order valence-electron chi connectivity index (χ1n) is 8.98. The maximum atomic E-state index is 6.28. The Kier molecular flexibility index (Phi) is 4.71. The minimum absolute atomic E-state index is 0.508. The number of hydrogen-bond acceptors (Lipinski definition) is 4. The molecule has 132 valence electrons. The number of hydrogen-bond donors (Lipinski definition) is 1. The molecular formula is C21H22N4S. The molecule has 4 nitrogen and oxygen atoms in total. The lowest BCUT2D eigenvalue weighted by Gasteiger charge is -2.10. The third-order valence-electron chi connectivity index (χ3n) is 4.60. The average Bonchev–Trinajstić information content (AvgIpc) is 3.30.